The number of aryl methyl sites for hydroxylation is 2. The molecule has 2 aromatic rings. The van der Waals surface area contributed by atoms with Gasteiger partial charge in [-0.05, 0) is 58.6 Å². The van der Waals surface area contributed by atoms with Crippen molar-refractivity contribution in [2.45, 2.75) is 20.3 Å². The fraction of sp³-hybridized carbons (Fsp3) is 0.222. The Morgan fingerprint density at radius 2 is 1.68 bits per heavy atom. The Bertz CT molecular complexity index is 771. The first-order valence-electron chi connectivity index (χ1n) is 7.57. The average Bonchev–Trinajstić information content (AvgIpc) is 2.54. The van der Waals surface area contributed by atoms with Gasteiger partial charge in [-0.2, -0.15) is 0 Å². The zero-order chi connectivity index (χ0) is 18.4. The molecule has 2 amide bonds. The van der Waals surface area contributed by atoms with Crippen LogP contribution < -0.4 is 15.6 Å². The van der Waals surface area contributed by atoms with Crippen molar-refractivity contribution >= 4 is 43.7 Å². The molecule has 0 radical (unpaired) electrons. The van der Waals surface area contributed by atoms with Crippen molar-refractivity contribution in [3.8, 4) is 5.75 Å². The second-order valence-electron chi connectivity index (χ2n) is 5.52. The number of rotatable bonds is 5. The van der Waals surface area contributed by atoms with E-state index < -0.39 is 5.91 Å². The number of halogens is 2. The van der Waals surface area contributed by atoms with E-state index in [2.05, 4.69) is 42.7 Å². The van der Waals surface area contributed by atoms with Crippen LogP contribution in [-0.4, -0.2) is 18.4 Å². The highest BCUT2D eigenvalue weighted by atomic mass is 79.9. The van der Waals surface area contributed by atoms with Crippen molar-refractivity contribution in [1.82, 2.24) is 10.9 Å². The Morgan fingerprint density at radius 1 is 1.00 bits per heavy atom. The molecule has 0 aliphatic heterocycles. The molecule has 0 bridgehead atoms. The third kappa shape index (κ3) is 5.86. The fourth-order valence-corrected chi connectivity index (χ4v) is 3.76. The van der Waals surface area contributed by atoms with Crippen molar-refractivity contribution < 1.29 is 14.3 Å². The molecule has 2 N–H and O–H groups in total. The molecule has 0 saturated carbocycles. The Labute approximate surface area is 163 Å². The van der Waals surface area contributed by atoms with E-state index in [1.54, 1.807) is 0 Å². The van der Waals surface area contributed by atoms with Crippen LogP contribution in [0.2, 0.25) is 0 Å². The van der Waals surface area contributed by atoms with Gasteiger partial charge in [0.05, 0.1) is 10.9 Å². The number of carbonyl (C=O) groups is 2. The summed E-state index contributed by atoms with van der Waals surface area (Å²) in [7, 11) is 0. The summed E-state index contributed by atoms with van der Waals surface area (Å²) in [6.07, 6.45) is 0.200. The van der Waals surface area contributed by atoms with E-state index in [0.717, 1.165) is 25.6 Å². The lowest BCUT2D eigenvalue weighted by Crippen LogP contribution is -2.44. The number of ether oxygens (including phenoxy) is 1. The number of hydrogen-bond acceptors (Lipinski definition) is 3. The molecule has 0 unspecified atom stereocenters. The first-order chi connectivity index (χ1) is 11.9. The van der Waals surface area contributed by atoms with E-state index in [4.69, 9.17) is 4.74 Å². The summed E-state index contributed by atoms with van der Waals surface area (Å²) in [5.74, 6) is -0.138. The predicted molar refractivity (Wildman–Crippen MR) is 103 cm³/mol. The maximum atomic E-state index is 11.9. The van der Waals surface area contributed by atoms with Crippen molar-refractivity contribution in [3.63, 3.8) is 0 Å². The molecule has 2 rings (SSSR count). The van der Waals surface area contributed by atoms with E-state index in [9.17, 15) is 9.59 Å². The van der Waals surface area contributed by atoms with Crippen LogP contribution in [0.4, 0.5) is 0 Å². The van der Waals surface area contributed by atoms with Crippen molar-refractivity contribution in [2.75, 3.05) is 6.61 Å². The molecule has 0 atom stereocenters. The monoisotopic (exact) mass is 468 g/mol. The highest BCUT2D eigenvalue weighted by molar-refractivity contribution is 9.11. The van der Waals surface area contributed by atoms with Gasteiger partial charge < -0.3 is 4.74 Å². The third-order valence-corrected chi connectivity index (χ3v) is 4.54. The van der Waals surface area contributed by atoms with E-state index in [-0.39, 0.29) is 18.9 Å². The van der Waals surface area contributed by atoms with Gasteiger partial charge >= 0.3 is 0 Å². The van der Waals surface area contributed by atoms with Crippen LogP contribution >= 0.6 is 31.9 Å². The van der Waals surface area contributed by atoms with Crippen LogP contribution in [0.1, 0.15) is 16.7 Å². The van der Waals surface area contributed by atoms with Gasteiger partial charge in [-0.1, -0.05) is 40.2 Å². The standard InChI is InChI=1S/C18H18Br2N2O3/c1-11-5-3-4-6-13(11)8-16(23)21-22-17(24)10-25-18-12(2)7-14(19)9-15(18)20/h3-7,9H,8,10H2,1-2H3,(H,21,23)(H,22,24). The SMILES string of the molecule is Cc1ccccc1CC(=O)NNC(=O)COc1c(C)cc(Br)cc1Br. The maximum absolute atomic E-state index is 11.9. The highest BCUT2D eigenvalue weighted by Gasteiger charge is 2.11. The summed E-state index contributed by atoms with van der Waals surface area (Å²) < 4.78 is 7.18. The van der Waals surface area contributed by atoms with E-state index in [1.807, 2.05) is 50.2 Å². The number of carbonyl (C=O) groups excluding carboxylic acids is 2. The van der Waals surface area contributed by atoms with Crippen molar-refractivity contribution in [3.05, 3.63) is 62.0 Å². The molecule has 0 fully saturated rings. The fourth-order valence-electron chi connectivity index (χ4n) is 2.21. The molecule has 132 valence electrons. The third-order valence-electron chi connectivity index (χ3n) is 3.50. The maximum Gasteiger partial charge on any atom is 0.276 e. The normalized spacial score (nSPS) is 10.2. The Balaban J connectivity index is 1.81. The number of benzene rings is 2. The van der Waals surface area contributed by atoms with Gasteiger partial charge in [0.2, 0.25) is 5.91 Å². The number of nitrogens with one attached hydrogen (secondary N) is 2. The lowest BCUT2D eigenvalue weighted by atomic mass is 10.1. The first-order valence-corrected chi connectivity index (χ1v) is 9.16. The van der Waals surface area contributed by atoms with Crippen LogP contribution in [0.15, 0.2) is 45.3 Å². The van der Waals surface area contributed by atoms with Crippen LogP contribution in [0.5, 0.6) is 5.75 Å². The molecule has 25 heavy (non-hydrogen) atoms. The van der Waals surface area contributed by atoms with Crippen LogP contribution in [0.25, 0.3) is 0 Å². The molecular weight excluding hydrogens is 452 g/mol. The quantitative estimate of drug-likeness (QED) is 0.657. The second kappa shape index (κ2) is 9.01. The van der Waals surface area contributed by atoms with Crippen molar-refractivity contribution in [2.24, 2.45) is 0 Å². The minimum atomic E-state index is -0.438. The molecule has 0 aliphatic carbocycles. The number of amides is 2. The number of hydrogen-bond donors (Lipinski definition) is 2. The second-order valence-corrected chi connectivity index (χ2v) is 7.29. The summed E-state index contributed by atoms with van der Waals surface area (Å²) in [5.41, 5.74) is 7.58. The Morgan fingerprint density at radius 3 is 2.36 bits per heavy atom. The summed E-state index contributed by atoms with van der Waals surface area (Å²) in [5, 5.41) is 0. The summed E-state index contributed by atoms with van der Waals surface area (Å²) in [6.45, 7) is 3.62. The topological polar surface area (TPSA) is 67.4 Å². The largest absolute Gasteiger partial charge is 0.482 e. The van der Waals surface area contributed by atoms with E-state index in [1.165, 1.54) is 0 Å². The zero-order valence-electron chi connectivity index (χ0n) is 13.9. The smallest absolute Gasteiger partial charge is 0.276 e. The molecule has 7 heteroatoms. The lowest BCUT2D eigenvalue weighted by molar-refractivity contribution is -0.129. The van der Waals surface area contributed by atoms with Crippen LogP contribution in [-0.2, 0) is 16.0 Å². The Kier molecular flexibility index (Phi) is 7.01. The highest BCUT2D eigenvalue weighted by Crippen LogP contribution is 2.32. The van der Waals surface area contributed by atoms with Gasteiger partial charge in [0, 0.05) is 4.47 Å². The summed E-state index contributed by atoms with van der Waals surface area (Å²) >= 11 is 6.79. The molecule has 0 aliphatic rings. The molecule has 0 aromatic heterocycles. The number of hydrazine groups is 1. The summed E-state index contributed by atoms with van der Waals surface area (Å²) in [6, 6.07) is 11.3. The van der Waals surface area contributed by atoms with Gasteiger partial charge in [-0.25, -0.2) is 0 Å². The van der Waals surface area contributed by atoms with Crippen LogP contribution in [0, 0.1) is 13.8 Å². The molecule has 0 spiro atoms. The Hall–Kier alpha value is -1.86. The zero-order valence-corrected chi connectivity index (χ0v) is 17.0. The van der Waals surface area contributed by atoms with E-state index in [0.29, 0.717) is 5.75 Å². The molecule has 2 aromatic carbocycles. The average molecular weight is 470 g/mol. The van der Waals surface area contributed by atoms with E-state index >= 15 is 0 Å². The van der Waals surface area contributed by atoms with Gasteiger partial charge in [0.1, 0.15) is 5.75 Å². The van der Waals surface area contributed by atoms with Gasteiger partial charge in [-0.15, -0.1) is 0 Å². The first kappa shape index (κ1) is 19.5. The molecular formula is C18H18Br2N2O3. The molecule has 0 heterocycles. The lowest BCUT2D eigenvalue weighted by Gasteiger charge is -2.12. The predicted octanol–water partition coefficient (Wildman–Crippen LogP) is 3.60. The minimum Gasteiger partial charge on any atom is -0.482 e. The summed E-state index contributed by atoms with van der Waals surface area (Å²) in [4.78, 5) is 23.8. The van der Waals surface area contributed by atoms with Crippen LogP contribution in [0.3, 0.4) is 0 Å². The van der Waals surface area contributed by atoms with Gasteiger partial charge in [0.25, 0.3) is 5.91 Å². The minimum absolute atomic E-state index is 0.200. The van der Waals surface area contributed by atoms with Crippen molar-refractivity contribution in [1.29, 1.82) is 0 Å². The molecule has 0 saturated heterocycles. The molecule has 5 nitrogen and oxygen atoms in total. The van der Waals surface area contributed by atoms with Gasteiger partial charge in [0.15, 0.2) is 6.61 Å². The van der Waals surface area contributed by atoms with Gasteiger partial charge in [-0.3, -0.25) is 20.4 Å².